The highest BCUT2D eigenvalue weighted by Crippen LogP contribution is 2.33. The molecule has 1 unspecified atom stereocenters. The summed E-state index contributed by atoms with van der Waals surface area (Å²) in [4.78, 5) is 2.51. The quantitative estimate of drug-likeness (QED) is 0.800. The van der Waals surface area contributed by atoms with Crippen LogP contribution >= 0.6 is 0 Å². The van der Waals surface area contributed by atoms with Gasteiger partial charge in [-0.2, -0.15) is 5.10 Å². The monoisotopic (exact) mass is 278 g/mol. The minimum Gasteiger partial charge on any atom is -0.348 e. The smallest absolute Gasteiger partial charge is 0.0760 e. The summed E-state index contributed by atoms with van der Waals surface area (Å²) in [5.41, 5.74) is 3.87. The first kappa shape index (κ1) is 12.4. The summed E-state index contributed by atoms with van der Waals surface area (Å²) in [7, 11) is 0. The minimum absolute atomic E-state index is 0.304. The third-order valence-corrected chi connectivity index (χ3v) is 4.19. The number of rotatable bonds is 3. The standard InChI is InChI=1S/C17H18N4/c1-2-5-14(6-3-1)17-16-7-4-10-20(16)11-12-21(17)13-15-8-9-18-19-15/h1-10,17H,11-13H2,(H,18,19). The highest BCUT2D eigenvalue weighted by Gasteiger charge is 2.28. The molecular formula is C17H18N4. The number of benzene rings is 1. The van der Waals surface area contributed by atoms with E-state index >= 15 is 0 Å². The summed E-state index contributed by atoms with van der Waals surface area (Å²) in [6, 6.07) is 17.5. The Morgan fingerprint density at radius 3 is 2.76 bits per heavy atom. The van der Waals surface area contributed by atoms with Gasteiger partial charge in [0.15, 0.2) is 0 Å². The zero-order valence-corrected chi connectivity index (χ0v) is 11.8. The van der Waals surface area contributed by atoms with Gasteiger partial charge in [0.1, 0.15) is 0 Å². The first-order chi connectivity index (χ1) is 10.4. The number of fused-ring (bicyclic) bond motifs is 1. The molecule has 0 spiro atoms. The van der Waals surface area contributed by atoms with E-state index < -0.39 is 0 Å². The van der Waals surface area contributed by atoms with E-state index in [9.17, 15) is 0 Å². The molecule has 21 heavy (non-hydrogen) atoms. The number of hydrogen-bond donors (Lipinski definition) is 1. The van der Waals surface area contributed by atoms with Gasteiger partial charge in [0.25, 0.3) is 0 Å². The molecule has 1 aliphatic heterocycles. The van der Waals surface area contributed by atoms with Gasteiger partial charge in [-0.1, -0.05) is 30.3 Å². The number of hydrogen-bond acceptors (Lipinski definition) is 2. The Morgan fingerprint density at radius 2 is 1.95 bits per heavy atom. The minimum atomic E-state index is 0.304. The first-order valence-corrected chi connectivity index (χ1v) is 7.34. The SMILES string of the molecule is c1ccc(C2c3cccn3CCN2Cc2ccn[nH]2)cc1. The van der Waals surface area contributed by atoms with Crippen LogP contribution in [0.3, 0.4) is 0 Å². The number of nitrogens with zero attached hydrogens (tertiary/aromatic N) is 3. The molecule has 4 rings (SSSR count). The van der Waals surface area contributed by atoms with Gasteiger partial charge in [-0.15, -0.1) is 0 Å². The average molecular weight is 278 g/mol. The topological polar surface area (TPSA) is 36.9 Å². The van der Waals surface area contributed by atoms with E-state index in [-0.39, 0.29) is 0 Å². The van der Waals surface area contributed by atoms with E-state index in [1.54, 1.807) is 0 Å². The van der Waals surface area contributed by atoms with Crippen LogP contribution in [0.15, 0.2) is 60.9 Å². The Morgan fingerprint density at radius 1 is 1.05 bits per heavy atom. The molecule has 4 nitrogen and oxygen atoms in total. The molecule has 1 N–H and O–H groups in total. The maximum atomic E-state index is 4.06. The van der Waals surface area contributed by atoms with E-state index in [1.165, 1.54) is 11.3 Å². The predicted octanol–water partition coefficient (Wildman–Crippen LogP) is 2.82. The van der Waals surface area contributed by atoms with Crippen LogP contribution in [0.1, 0.15) is 23.0 Å². The molecule has 0 radical (unpaired) electrons. The van der Waals surface area contributed by atoms with Crippen LogP contribution < -0.4 is 0 Å². The van der Waals surface area contributed by atoms with Gasteiger partial charge in [0.2, 0.25) is 0 Å². The van der Waals surface area contributed by atoms with Gasteiger partial charge in [0.05, 0.1) is 6.04 Å². The Labute approximate surface area is 124 Å². The van der Waals surface area contributed by atoms with Crippen LogP contribution in [0.5, 0.6) is 0 Å². The molecule has 0 aliphatic carbocycles. The second-order valence-corrected chi connectivity index (χ2v) is 5.49. The maximum Gasteiger partial charge on any atom is 0.0760 e. The van der Waals surface area contributed by atoms with Gasteiger partial charge in [-0.05, 0) is 23.8 Å². The van der Waals surface area contributed by atoms with Crippen molar-refractivity contribution in [3.63, 3.8) is 0 Å². The van der Waals surface area contributed by atoms with Crippen molar-refractivity contribution in [1.82, 2.24) is 19.7 Å². The second kappa shape index (κ2) is 5.22. The van der Waals surface area contributed by atoms with Gasteiger partial charge in [-0.3, -0.25) is 10.00 Å². The van der Waals surface area contributed by atoms with Crippen molar-refractivity contribution in [1.29, 1.82) is 0 Å². The summed E-state index contributed by atoms with van der Waals surface area (Å²) >= 11 is 0. The summed E-state index contributed by atoms with van der Waals surface area (Å²) in [6.07, 6.45) is 4.00. The van der Waals surface area contributed by atoms with Crippen molar-refractivity contribution in [2.75, 3.05) is 6.54 Å². The molecule has 0 fully saturated rings. The van der Waals surface area contributed by atoms with Crippen molar-refractivity contribution in [2.24, 2.45) is 0 Å². The maximum absolute atomic E-state index is 4.06. The molecule has 0 saturated carbocycles. The van der Waals surface area contributed by atoms with Crippen LogP contribution in [0, 0.1) is 0 Å². The highest BCUT2D eigenvalue weighted by atomic mass is 15.2. The zero-order chi connectivity index (χ0) is 14.1. The normalized spacial score (nSPS) is 18.6. The summed E-state index contributed by atoms with van der Waals surface area (Å²) in [6.45, 7) is 2.98. The molecule has 0 bridgehead atoms. The fourth-order valence-electron chi connectivity index (χ4n) is 3.21. The number of nitrogens with one attached hydrogen (secondary N) is 1. The van der Waals surface area contributed by atoms with Gasteiger partial charge in [-0.25, -0.2) is 0 Å². The lowest BCUT2D eigenvalue weighted by atomic mass is 10.00. The van der Waals surface area contributed by atoms with E-state index in [1.807, 2.05) is 6.20 Å². The van der Waals surface area contributed by atoms with Crippen molar-refractivity contribution in [3.8, 4) is 0 Å². The lowest BCUT2D eigenvalue weighted by molar-refractivity contribution is 0.172. The van der Waals surface area contributed by atoms with Crippen molar-refractivity contribution in [3.05, 3.63) is 77.9 Å². The van der Waals surface area contributed by atoms with Gasteiger partial charge in [0, 0.05) is 43.4 Å². The van der Waals surface area contributed by atoms with Gasteiger partial charge >= 0.3 is 0 Å². The molecule has 2 aromatic heterocycles. The molecule has 1 atom stereocenters. The average Bonchev–Trinajstić information content (AvgIpc) is 3.19. The van der Waals surface area contributed by atoms with Crippen molar-refractivity contribution in [2.45, 2.75) is 19.1 Å². The summed E-state index contributed by atoms with van der Waals surface area (Å²) in [5, 5.41) is 7.14. The van der Waals surface area contributed by atoms with Crippen LogP contribution in [0.2, 0.25) is 0 Å². The Balaban J connectivity index is 1.73. The van der Waals surface area contributed by atoms with Gasteiger partial charge < -0.3 is 4.57 Å². The van der Waals surface area contributed by atoms with E-state index in [0.717, 1.165) is 25.3 Å². The number of aromatic nitrogens is 3. The lowest BCUT2D eigenvalue weighted by Crippen LogP contribution is -2.38. The van der Waals surface area contributed by atoms with Crippen LogP contribution in [-0.4, -0.2) is 26.2 Å². The molecule has 1 aliphatic rings. The van der Waals surface area contributed by atoms with E-state index in [0.29, 0.717) is 6.04 Å². The van der Waals surface area contributed by atoms with Crippen molar-refractivity contribution >= 4 is 0 Å². The molecule has 4 heteroatoms. The zero-order valence-electron chi connectivity index (χ0n) is 11.8. The summed E-state index contributed by atoms with van der Waals surface area (Å²) in [5.74, 6) is 0. The molecule has 0 amide bonds. The molecule has 0 saturated heterocycles. The fraction of sp³-hybridized carbons (Fsp3) is 0.235. The third-order valence-electron chi connectivity index (χ3n) is 4.19. The second-order valence-electron chi connectivity index (χ2n) is 5.49. The van der Waals surface area contributed by atoms with Crippen LogP contribution in [-0.2, 0) is 13.1 Å². The lowest BCUT2D eigenvalue weighted by Gasteiger charge is -2.37. The van der Waals surface area contributed by atoms with Crippen molar-refractivity contribution < 1.29 is 0 Å². The number of aromatic amines is 1. The molecular weight excluding hydrogens is 260 g/mol. The Hall–Kier alpha value is -2.33. The van der Waals surface area contributed by atoms with Crippen LogP contribution in [0.4, 0.5) is 0 Å². The summed E-state index contributed by atoms with van der Waals surface area (Å²) < 4.78 is 2.36. The van der Waals surface area contributed by atoms with E-state index in [4.69, 9.17) is 0 Å². The number of H-pyrrole nitrogens is 1. The van der Waals surface area contributed by atoms with Crippen LogP contribution in [0.25, 0.3) is 0 Å². The molecule has 1 aromatic carbocycles. The predicted molar refractivity (Wildman–Crippen MR) is 81.7 cm³/mol. The Kier molecular flexibility index (Phi) is 3.09. The van der Waals surface area contributed by atoms with E-state index in [2.05, 4.69) is 74.4 Å². The highest BCUT2D eigenvalue weighted by molar-refractivity contribution is 5.30. The molecule has 106 valence electrons. The molecule has 3 aromatic rings. The fourth-order valence-corrected chi connectivity index (χ4v) is 3.21. The first-order valence-electron chi connectivity index (χ1n) is 7.34. The third kappa shape index (κ3) is 2.28. The molecule has 3 heterocycles. The largest absolute Gasteiger partial charge is 0.348 e. The Bertz CT molecular complexity index is 699.